The number of benzene rings is 1. The van der Waals surface area contributed by atoms with Crippen LogP contribution in [-0.4, -0.2) is 31.8 Å². The summed E-state index contributed by atoms with van der Waals surface area (Å²) in [7, 11) is 0. The Morgan fingerprint density at radius 3 is 2.46 bits per heavy atom. The molecule has 0 aromatic heterocycles. The summed E-state index contributed by atoms with van der Waals surface area (Å²) in [4.78, 5) is 12.1. The van der Waals surface area contributed by atoms with Gasteiger partial charge in [-0.25, -0.2) is 0 Å². The molecule has 0 radical (unpaired) electrons. The van der Waals surface area contributed by atoms with Crippen molar-refractivity contribution in [1.82, 2.24) is 10.6 Å². The normalized spacial score (nSPS) is 16.5. The van der Waals surface area contributed by atoms with Gasteiger partial charge in [-0.1, -0.05) is 12.1 Å². The fraction of sp³-hybridized carbons (Fsp3) is 0.611. The van der Waals surface area contributed by atoms with E-state index in [1.165, 1.54) is 12.1 Å². The predicted molar refractivity (Wildman–Crippen MR) is 96.6 cm³/mol. The minimum atomic E-state index is -4.35. The Kier molecular flexibility index (Phi) is 9.22. The second-order valence-electron chi connectivity index (χ2n) is 6.49. The maximum atomic E-state index is 12.1. The van der Waals surface area contributed by atoms with Gasteiger partial charge in [0.15, 0.2) is 6.61 Å². The highest BCUT2D eigenvalue weighted by molar-refractivity contribution is 5.85. The van der Waals surface area contributed by atoms with Gasteiger partial charge in [-0.05, 0) is 62.9 Å². The van der Waals surface area contributed by atoms with Crippen molar-refractivity contribution in [3.8, 4) is 5.75 Å². The van der Waals surface area contributed by atoms with Gasteiger partial charge < -0.3 is 15.4 Å². The van der Waals surface area contributed by atoms with E-state index in [4.69, 9.17) is 0 Å². The van der Waals surface area contributed by atoms with Gasteiger partial charge >= 0.3 is 6.18 Å². The van der Waals surface area contributed by atoms with Crippen LogP contribution in [0.2, 0.25) is 0 Å². The number of alkyl halides is 3. The number of carbonyl (C=O) groups is 1. The number of hydrogen-bond donors (Lipinski definition) is 2. The average Bonchev–Trinajstić information content (AvgIpc) is 2.59. The van der Waals surface area contributed by atoms with Gasteiger partial charge in [-0.2, -0.15) is 13.2 Å². The highest BCUT2D eigenvalue weighted by Gasteiger charge is 2.28. The Balaban J connectivity index is 0.00000338. The lowest BCUT2D eigenvalue weighted by atomic mass is 9.93. The van der Waals surface area contributed by atoms with E-state index in [0.717, 1.165) is 37.9 Å². The zero-order chi connectivity index (χ0) is 18.3. The zero-order valence-corrected chi connectivity index (χ0v) is 15.6. The monoisotopic (exact) mass is 394 g/mol. The molecule has 1 aliphatic heterocycles. The molecule has 1 fully saturated rings. The molecule has 0 aliphatic carbocycles. The number of nitrogens with one attached hydrogen (secondary N) is 2. The molecule has 1 aliphatic rings. The molecule has 2 rings (SSSR count). The third-order valence-corrected chi connectivity index (χ3v) is 4.40. The van der Waals surface area contributed by atoms with Crippen molar-refractivity contribution in [1.29, 1.82) is 0 Å². The molecule has 0 bridgehead atoms. The Morgan fingerprint density at radius 2 is 1.88 bits per heavy atom. The standard InChI is InChI=1S/C18H25F3N2O2.ClH/c1-13(23-17(24)7-2-14-8-10-22-11-9-14)15-3-5-16(6-4-15)25-12-18(19,20)21;/h3-6,13-14,22H,2,7-12H2,1H3,(H,23,24);1H. The summed E-state index contributed by atoms with van der Waals surface area (Å²) >= 11 is 0. The average molecular weight is 395 g/mol. The lowest BCUT2D eigenvalue weighted by Crippen LogP contribution is -2.30. The van der Waals surface area contributed by atoms with Crippen LogP contribution in [0.3, 0.4) is 0 Å². The minimum Gasteiger partial charge on any atom is -0.484 e. The second kappa shape index (κ2) is 10.6. The molecule has 0 saturated carbocycles. The largest absolute Gasteiger partial charge is 0.484 e. The molecule has 148 valence electrons. The van der Waals surface area contributed by atoms with Gasteiger partial charge in [0.25, 0.3) is 0 Å². The maximum absolute atomic E-state index is 12.1. The molecular formula is C18H26ClF3N2O2. The predicted octanol–water partition coefficient (Wildman–Crippen LogP) is 4.01. The zero-order valence-electron chi connectivity index (χ0n) is 14.8. The molecular weight excluding hydrogens is 369 g/mol. The first-order valence-corrected chi connectivity index (χ1v) is 8.63. The van der Waals surface area contributed by atoms with E-state index in [-0.39, 0.29) is 30.1 Å². The third kappa shape index (κ3) is 8.27. The van der Waals surface area contributed by atoms with E-state index in [9.17, 15) is 18.0 Å². The second-order valence-corrected chi connectivity index (χ2v) is 6.49. The number of rotatable bonds is 7. The number of carbonyl (C=O) groups excluding carboxylic acids is 1. The first-order chi connectivity index (χ1) is 11.8. The molecule has 8 heteroatoms. The van der Waals surface area contributed by atoms with Crippen molar-refractivity contribution in [2.45, 2.75) is 44.8 Å². The number of halogens is 4. The number of hydrogen-bond acceptors (Lipinski definition) is 3. The molecule has 2 N–H and O–H groups in total. The first-order valence-electron chi connectivity index (χ1n) is 8.63. The fourth-order valence-corrected chi connectivity index (χ4v) is 2.92. The number of amides is 1. The summed E-state index contributed by atoms with van der Waals surface area (Å²) in [6, 6.07) is 6.11. The molecule has 4 nitrogen and oxygen atoms in total. The van der Waals surface area contributed by atoms with Crippen molar-refractivity contribution >= 4 is 18.3 Å². The lowest BCUT2D eigenvalue weighted by Gasteiger charge is -2.22. The summed E-state index contributed by atoms with van der Waals surface area (Å²) in [5.41, 5.74) is 0.828. The highest BCUT2D eigenvalue weighted by atomic mass is 35.5. The van der Waals surface area contributed by atoms with Gasteiger partial charge in [-0.3, -0.25) is 4.79 Å². The van der Waals surface area contributed by atoms with Crippen molar-refractivity contribution in [2.75, 3.05) is 19.7 Å². The van der Waals surface area contributed by atoms with Gasteiger partial charge in [0.05, 0.1) is 6.04 Å². The topological polar surface area (TPSA) is 50.4 Å². The van der Waals surface area contributed by atoms with Crippen LogP contribution in [0.15, 0.2) is 24.3 Å². The Labute approximate surface area is 158 Å². The van der Waals surface area contributed by atoms with Crippen LogP contribution in [0.1, 0.15) is 44.2 Å². The number of ether oxygens (including phenoxy) is 1. The third-order valence-electron chi connectivity index (χ3n) is 4.40. The van der Waals surface area contributed by atoms with Crippen molar-refractivity contribution < 1.29 is 22.7 Å². The maximum Gasteiger partial charge on any atom is 0.422 e. The van der Waals surface area contributed by atoms with Crippen LogP contribution in [0.4, 0.5) is 13.2 Å². The van der Waals surface area contributed by atoms with E-state index in [2.05, 4.69) is 15.4 Å². The van der Waals surface area contributed by atoms with Crippen LogP contribution in [0, 0.1) is 5.92 Å². The van der Waals surface area contributed by atoms with E-state index in [1.54, 1.807) is 12.1 Å². The Bertz CT molecular complexity index is 546. The minimum absolute atomic E-state index is 0. The van der Waals surface area contributed by atoms with Crippen LogP contribution >= 0.6 is 12.4 Å². The van der Waals surface area contributed by atoms with Crippen molar-refractivity contribution in [3.05, 3.63) is 29.8 Å². The van der Waals surface area contributed by atoms with Crippen LogP contribution in [-0.2, 0) is 4.79 Å². The first kappa shape index (κ1) is 22.6. The summed E-state index contributed by atoms with van der Waals surface area (Å²) in [5, 5.41) is 6.24. The van der Waals surface area contributed by atoms with E-state index in [1.807, 2.05) is 6.92 Å². The molecule has 1 heterocycles. The quantitative estimate of drug-likeness (QED) is 0.734. The van der Waals surface area contributed by atoms with Crippen molar-refractivity contribution in [2.24, 2.45) is 5.92 Å². The lowest BCUT2D eigenvalue weighted by molar-refractivity contribution is -0.153. The molecule has 26 heavy (non-hydrogen) atoms. The molecule has 0 spiro atoms. The summed E-state index contributed by atoms with van der Waals surface area (Å²) < 4.78 is 41.0. The van der Waals surface area contributed by atoms with Crippen LogP contribution in [0.25, 0.3) is 0 Å². The van der Waals surface area contributed by atoms with Gasteiger partial charge in [0.1, 0.15) is 5.75 Å². The Hall–Kier alpha value is -1.47. The molecule has 1 saturated heterocycles. The summed E-state index contributed by atoms with van der Waals surface area (Å²) in [5.74, 6) is 0.765. The molecule has 1 aromatic rings. The Morgan fingerprint density at radius 1 is 1.27 bits per heavy atom. The fourth-order valence-electron chi connectivity index (χ4n) is 2.92. The summed E-state index contributed by atoms with van der Waals surface area (Å²) in [6.07, 6.45) is -0.731. The van der Waals surface area contributed by atoms with Crippen molar-refractivity contribution in [3.63, 3.8) is 0 Å². The van der Waals surface area contributed by atoms with E-state index >= 15 is 0 Å². The van der Waals surface area contributed by atoms with Crippen LogP contribution in [0.5, 0.6) is 5.75 Å². The molecule has 1 amide bonds. The SMILES string of the molecule is CC(NC(=O)CCC1CCNCC1)c1ccc(OCC(F)(F)F)cc1.Cl. The van der Waals surface area contributed by atoms with Gasteiger partial charge in [0, 0.05) is 6.42 Å². The van der Waals surface area contributed by atoms with E-state index in [0.29, 0.717) is 12.3 Å². The number of piperidine rings is 1. The van der Waals surface area contributed by atoms with Crippen LogP contribution < -0.4 is 15.4 Å². The molecule has 1 unspecified atom stereocenters. The molecule has 1 aromatic carbocycles. The summed E-state index contributed by atoms with van der Waals surface area (Å²) in [6.45, 7) is 2.58. The van der Waals surface area contributed by atoms with E-state index < -0.39 is 12.8 Å². The highest BCUT2D eigenvalue weighted by Crippen LogP contribution is 2.22. The smallest absolute Gasteiger partial charge is 0.422 e. The van der Waals surface area contributed by atoms with Gasteiger partial charge in [-0.15, -0.1) is 12.4 Å². The van der Waals surface area contributed by atoms with Gasteiger partial charge in [0.2, 0.25) is 5.91 Å². The molecule has 1 atom stereocenters.